The van der Waals surface area contributed by atoms with Gasteiger partial charge in [-0.15, -0.1) is 0 Å². The van der Waals surface area contributed by atoms with Crippen LogP contribution in [0.1, 0.15) is 8.85 Å². The van der Waals surface area contributed by atoms with Crippen molar-refractivity contribution < 1.29 is 11.5 Å². The number of nitrogens with zero attached hydrogens (tertiary/aromatic N) is 2. The molecule has 0 radical (unpaired) electrons. The van der Waals surface area contributed by atoms with Gasteiger partial charge in [-0.2, -0.15) is 0 Å². The normalized spacial score (nSPS) is 11.3. The van der Waals surface area contributed by atoms with Crippen molar-refractivity contribution in [1.82, 2.24) is 9.13 Å². The van der Waals surface area contributed by atoms with E-state index in [1.165, 1.54) is 103 Å². The number of aromatic nitrogens is 2. The van der Waals surface area contributed by atoms with E-state index < -0.39 is 7.12 Å². The van der Waals surface area contributed by atoms with Gasteiger partial charge in [0, 0.05) is 54.4 Å². The first kappa shape index (κ1) is 55.0. The fraction of sp³-hybridized carbons (Fsp3) is 0.0130. The molecule has 0 atom stereocenters. The van der Waals surface area contributed by atoms with Crippen molar-refractivity contribution in [2.45, 2.75) is 7.43 Å². The van der Waals surface area contributed by atoms with Crippen LogP contribution in [0.15, 0.2) is 296 Å². The summed E-state index contributed by atoms with van der Waals surface area (Å²) < 4.78 is 5.69. The van der Waals surface area contributed by atoms with E-state index in [2.05, 4.69) is 243 Å². The zero-order valence-corrected chi connectivity index (χ0v) is 48.3. The fourth-order valence-corrected chi connectivity index (χ4v) is 13.4. The summed E-state index contributed by atoms with van der Waals surface area (Å²) in [6.07, 6.45) is 0. The van der Waals surface area contributed by atoms with Crippen LogP contribution in [0.4, 0.5) is 0 Å². The van der Waals surface area contributed by atoms with Gasteiger partial charge in [0.25, 0.3) is 0 Å². The van der Waals surface area contributed by atoms with Gasteiger partial charge in [-0.3, -0.25) is 0 Å². The van der Waals surface area contributed by atoms with Crippen LogP contribution < -0.4 is 5.46 Å². The van der Waals surface area contributed by atoms with Crippen LogP contribution in [0, 0.1) is 0 Å². The monoisotopic (exact) mass is 1200 g/mol. The van der Waals surface area contributed by atoms with Crippen molar-refractivity contribution in [2.75, 3.05) is 0 Å². The zero-order chi connectivity index (χ0) is 56.8. The largest absolute Gasteiger partial charge is 0.488 e. The molecule has 0 spiro atoms. The molecule has 0 saturated carbocycles. The molecule has 2 aromatic heterocycles. The summed E-state index contributed by atoms with van der Waals surface area (Å²) in [6, 6.07) is 101. The molecular weight excluding hydrogens is 1150 g/mol. The van der Waals surface area contributed by atoms with Gasteiger partial charge in [-0.05, 0) is 165 Å². The Morgan fingerprint density at radius 2 is 0.529 bits per heavy atom. The maximum Gasteiger partial charge on any atom is 0.488 e. The predicted octanol–water partition coefficient (Wildman–Crippen LogP) is 21.5. The summed E-state index contributed by atoms with van der Waals surface area (Å²) in [7, 11) is -1.44. The van der Waals surface area contributed by atoms with Crippen molar-refractivity contribution >= 4 is 138 Å². The third-order valence-electron chi connectivity index (χ3n) is 16.1. The number of benzene rings is 14. The summed E-state index contributed by atoms with van der Waals surface area (Å²) in [5, 5.41) is 35.0. The molecule has 0 fully saturated rings. The summed E-state index contributed by atoms with van der Waals surface area (Å²) in [6.45, 7) is 0. The van der Waals surface area contributed by atoms with Gasteiger partial charge in [0.15, 0.2) is 0 Å². The van der Waals surface area contributed by atoms with Gasteiger partial charge in [0.1, 0.15) is 0 Å². The van der Waals surface area contributed by atoms with E-state index in [-0.39, 0.29) is 8.85 Å². The van der Waals surface area contributed by atoms with Gasteiger partial charge < -0.3 is 19.2 Å². The molecule has 0 unspecified atom stereocenters. The van der Waals surface area contributed by atoms with E-state index in [0.717, 1.165) is 42.5 Å². The predicted molar refractivity (Wildman–Crippen MR) is 371 cm³/mol. The standard InChI is InChI=1S/C38H24ClN.C20H12BrCl.C18H14BNO2.CH4.H2/c39-27-21-17-25(18-22-27)37-33-13-3-1-9-29(33)30-10-2-4-14-34(30)38(37)26-19-23-28(24-20-26)40-35-15-7-5-11-31(35)32-12-6-8-16-36(32)40;21-20-18-8-4-2-6-16(18)15-5-1-3-7-17(15)19(20)13-9-11-14(22)12-10-13;21-19(22)13-9-11-14(12-10-13)20-17-7-3-1-5-15(17)16-6-2-4-8-18(16)20;;/h1-24H;1-12H;1-12,21-22H;1H4;1H/i;;;;1+1. The molecule has 4 nitrogen and oxygen atoms in total. The lowest BCUT2D eigenvalue weighted by atomic mass is 9.80. The Labute approximate surface area is 513 Å². The van der Waals surface area contributed by atoms with Gasteiger partial charge in [0.2, 0.25) is 0 Å². The highest BCUT2D eigenvalue weighted by molar-refractivity contribution is 9.10. The van der Waals surface area contributed by atoms with Gasteiger partial charge in [-0.1, -0.05) is 249 Å². The Hall–Kier alpha value is -9.24. The van der Waals surface area contributed by atoms with Crippen LogP contribution >= 0.6 is 39.1 Å². The summed E-state index contributed by atoms with van der Waals surface area (Å²) in [4.78, 5) is 0. The lowest BCUT2D eigenvalue weighted by Gasteiger charge is -2.19. The average Bonchev–Trinajstić information content (AvgIpc) is 2.22. The Bertz CT molecular complexity index is 5040. The lowest BCUT2D eigenvalue weighted by Crippen LogP contribution is -2.29. The number of halogens is 3. The van der Waals surface area contributed by atoms with Crippen molar-refractivity contribution in [1.29, 1.82) is 0 Å². The first-order valence-corrected chi connectivity index (χ1v) is 29.4. The Morgan fingerprint density at radius 3 is 0.871 bits per heavy atom. The fourth-order valence-electron chi connectivity index (χ4n) is 12.3. The Kier molecular flexibility index (Phi) is 15.2. The number of fused-ring (bicyclic) bond motifs is 12. The molecule has 2 heterocycles. The first-order chi connectivity index (χ1) is 41.3. The molecule has 16 rings (SSSR count). The summed E-state index contributed by atoms with van der Waals surface area (Å²) in [5.41, 5.74) is 14.6. The second-order valence-electron chi connectivity index (χ2n) is 20.9. The SMILES string of the molecule is C.Clc1ccc(-c2c(-c3ccc(-n4c5ccccc5c5ccccc54)cc3)c3ccccc3c3ccccc23)cc1.Clc1ccc(-c2c(Br)c3ccccc3c3ccccc23)cc1.OB(O)c1ccc(-n2c3ccccc3c3ccccc32)cc1.[2HH]. The molecule has 2 N–H and O–H groups in total. The molecule has 0 aliphatic carbocycles. The second-order valence-corrected chi connectivity index (χ2v) is 22.6. The minimum atomic E-state index is -1.44. The third kappa shape index (κ3) is 10.0. The molecule has 8 heteroatoms. The smallest absolute Gasteiger partial charge is 0.423 e. The van der Waals surface area contributed by atoms with Crippen molar-refractivity contribution in [3.05, 3.63) is 306 Å². The first-order valence-electron chi connectivity index (χ1n) is 27.9. The number of para-hydroxylation sites is 4. The minimum absolute atomic E-state index is 0. The van der Waals surface area contributed by atoms with Crippen LogP contribution in [-0.4, -0.2) is 26.3 Å². The Balaban J connectivity index is 0.000000135. The van der Waals surface area contributed by atoms with Crippen LogP contribution in [0.3, 0.4) is 0 Å². The third-order valence-corrected chi connectivity index (χ3v) is 17.4. The van der Waals surface area contributed by atoms with E-state index in [9.17, 15) is 10.0 Å². The van der Waals surface area contributed by atoms with E-state index in [1.54, 1.807) is 12.1 Å². The molecule has 16 aromatic rings. The topological polar surface area (TPSA) is 50.3 Å². The molecular formula is C77H56BBrCl2N2O2. The quantitative estimate of drug-likeness (QED) is 0.129. The molecule has 410 valence electrons. The molecule has 0 saturated heterocycles. The van der Waals surface area contributed by atoms with Gasteiger partial charge >= 0.3 is 7.12 Å². The minimum Gasteiger partial charge on any atom is -0.423 e. The number of hydrogen-bond acceptors (Lipinski definition) is 2. The molecule has 14 aromatic carbocycles. The number of hydrogen-bond donors (Lipinski definition) is 2. The maximum atomic E-state index is 9.24. The van der Waals surface area contributed by atoms with Crippen molar-refractivity contribution in [3.8, 4) is 44.8 Å². The maximum absolute atomic E-state index is 9.24. The van der Waals surface area contributed by atoms with Crippen LogP contribution in [0.2, 0.25) is 10.0 Å². The van der Waals surface area contributed by atoms with Crippen LogP contribution in [-0.2, 0) is 0 Å². The van der Waals surface area contributed by atoms with Gasteiger partial charge in [-0.25, -0.2) is 0 Å². The van der Waals surface area contributed by atoms with E-state index in [0.29, 0.717) is 5.46 Å². The number of rotatable bonds is 6. The zero-order valence-electron chi connectivity index (χ0n) is 45.2. The van der Waals surface area contributed by atoms with E-state index in [1.807, 2.05) is 60.7 Å². The van der Waals surface area contributed by atoms with Crippen molar-refractivity contribution in [2.24, 2.45) is 0 Å². The second kappa shape index (κ2) is 23.4. The molecule has 0 amide bonds. The highest BCUT2D eigenvalue weighted by atomic mass is 79.9. The highest BCUT2D eigenvalue weighted by Crippen LogP contribution is 2.46. The van der Waals surface area contributed by atoms with Crippen LogP contribution in [0.5, 0.6) is 0 Å². The van der Waals surface area contributed by atoms with Crippen molar-refractivity contribution in [3.63, 3.8) is 0 Å². The summed E-state index contributed by atoms with van der Waals surface area (Å²) >= 11 is 16.2. The van der Waals surface area contributed by atoms with E-state index in [4.69, 9.17) is 23.2 Å². The molecule has 0 bridgehead atoms. The van der Waals surface area contributed by atoms with Crippen LogP contribution in [0.25, 0.3) is 131 Å². The Morgan fingerprint density at radius 1 is 0.282 bits per heavy atom. The molecule has 0 aliphatic rings. The molecule has 0 aliphatic heterocycles. The lowest BCUT2D eigenvalue weighted by molar-refractivity contribution is 0.426. The van der Waals surface area contributed by atoms with E-state index >= 15 is 0 Å². The molecule has 85 heavy (non-hydrogen) atoms. The summed E-state index contributed by atoms with van der Waals surface area (Å²) in [5.74, 6) is 0. The highest BCUT2D eigenvalue weighted by Gasteiger charge is 2.20. The average molecular weight is 1200 g/mol. The van der Waals surface area contributed by atoms with Gasteiger partial charge in [0.05, 0.1) is 22.1 Å².